The van der Waals surface area contributed by atoms with Gasteiger partial charge in [-0.15, -0.1) is 0 Å². The summed E-state index contributed by atoms with van der Waals surface area (Å²) in [5.74, 6) is 0.374. The van der Waals surface area contributed by atoms with E-state index in [0.717, 1.165) is 12.1 Å². The summed E-state index contributed by atoms with van der Waals surface area (Å²) < 4.78 is 0. The number of carbonyl (C=O) groups is 1. The number of rotatable bonds is 5. The Labute approximate surface area is 122 Å². The number of hydrogen-bond donors (Lipinski definition) is 2. The number of amides is 1. The number of nitrogens with zero attached hydrogens (tertiary/aromatic N) is 2. The summed E-state index contributed by atoms with van der Waals surface area (Å²) in [5.41, 5.74) is 1.42. The molecule has 6 heteroatoms. The molecule has 2 N–H and O–H groups in total. The highest BCUT2D eigenvalue weighted by Crippen LogP contribution is 2.19. The fourth-order valence-corrected chi connectivity index (χ4v) is 1.88. The Morgan fingerprint density at radius 3 is 2.75 bits per heavy atom. The highest BCUT2D eigenvalue weighted by Gasteiger charge is 2.09. The fourth-order valence-electron chi connectivity index (χ4n) is 1.64. The lowest BCUT2D eigenvalue weighted by molar-refractivity contribution is 0.0950. The van der Waals surface area contributed by atoms with Gasteiger partial charge in [0.2, 0.25) is 0 Å². The van der Waals surface area contributed by atoms with Crippen molar-refractivity contribution < 1.29 is 4.79 Å². The van der Waals surface area contributed by atoms with Gasteiger partial charge in [0.05, 0.1) is 10.6 Å². The zero-order valence-corrected chi connectivity index (χ0v) is 11.8. The third-order valence-corrected chi connectivity index (χ3v) is 2.94. The summed E-state index contributed by atoms with van der Waals surface area (Å²) >= 11 is 6.06. The lowest BCUT2D eigenvalue weighted by atomic mass is 10.2. The molecule has 0 bridgehead atoms. The molecule has 0 saturated heterocycles. The Morgan fingerprint density at radius 1 is 1.35 bits per heavy atom. The van der Waals surface area contributed by atoms with E-state index in [4.69, 9.17) is 11.6 Å². The van der Waals surface area contributed by atoms with Crippen molar-refractivity contribution in [3.63, 3.8) is 0 Å². The summed E-state index contributed by atoms with van der Waals surface area (Å²) in [6.45, 7) is 3.11. The Bertz CT molecular complexity index is 589. The van der Waals surface area contributed by atoms with Crippen molar-refractivity contribution >= 4 is 23.3 Å². The Morgan fingerprint density at radius 2 is 2.10 bits per heavy atom. The number of carbonyl (C=O) groups excluding carboxylic acids is 1. The van der Waals surface area contributed by atoms with E-state index in [1.54, 1.807) is 18.5 Å². The van der Waals surface area contributed by atoms with E-state index in [1.165, 1.54) is 6.20 Å². The van der Waals surface area contributed by atoms with Crippen LogP contribution in [0.4, 0.5) is 5.82 Å². The lowest BCUT2D eigenvalue weighted by Crippen LogP contribution is -2.23. The molecule has 0 fully saturated rings. The van der Waals surface area contributed by atoms with Gasteiger partial charge in [0.1, 0.15) is 5.82 Å². The number of nitrogens with one attached hydrogen (secondary N) is 2. The van der Waals surface area contributed by atoms with Gasteiger partial charge >= 0.3 is 0 Å². The number of pyridine rings is 2. The molecule has 0 aliphatic heterocycles. The monoisotopic (exact) mass is 290 g/mol. The molecule has 0 spiro atoms. The summed E-state index contributed by atoms with van der Waals surface area (Å²) in [6, 6.07) is 5.30. The molecule has 2 aromatic heterocycles. The maximum absolute atomic E-state index is 12.0. The van der Waals surface area contributed by atoms with Crippen LogP contribution in [-0.4, -0.2) is 22.4 Å². The van der Waals surface area contributed by atoms with E-state index in [9.17, 15) is 4.79 Å². The van der Waals surface area contributed by atoms with Crippen LogP contribution in [0, 0.1) is 0 Å². The molecule has 104 valence electrons. The van der Waals surface area contributed by atoms with Gasteiger partial charge in [0.15, 0.2) is 0 Å². The third kappa shape index (κ3) is 3.68. The number of aromatic nitrogens is 2. The van der Waals surface area contributed by atoms with Crippen LogP contribution < -0.4 is 10.6 Å². The summed E-state index contributed by atoms with van der Waals surface area (Å²) in [7, 11) is 0. The van der Waals surface area contributed by atoms with Gasteiger partial charge in [-0.1, -0.05) is 11.6 Å². The second-order valence-electron chi connectivity index (χ2n) is 4.12. The second-order valence-corrected chi connectivity index (χ2v) is 4.53. The third-order valence-electron chi connectivity index (χ3n) is 2.65. The molecule has 0 atom stereocenters. The van der Waals surface area contributed by atoms with Crippen LogP contribution in [0.5, 0.6) is 0 Å². The first-order valence-electron chi connectivity index (χ1n) is 6.27. The first-order chi connectivity index (χ1) is 9.70. The van der Waals surface area contributed by atoms with Gasteiger partial charge in [0.25, 0.3) is 5.91 Å². The number of hydrogen-bond acceptors (Lipinski definition) is 4. The molecular formula is C14H15ClN4O. The van der Waals surface area contributed by atoms with E-state index in [1.807, 2.05) is 19.1 Å². The molecule has 2 aromatic rings. The van der Waals surface area contributed by atoms with Crippen molar-refractivity contribution in [3.8, 4) is 0 Å². The maximum Gasteiger partial charge on any atom is 0.253 e. The highest BCUT2D eigenvalue weighted by atomic mass is 35.5. The van der Waals surface area contributed by atoms with Gasteiger partial charge < -0.3 is 10.6 Å². The molecule has 1 amide bonds. The fraction of sp³-hybridized carbons (Fsp3) is 0.214. The predicted molar refractivity (Wildman–Crippen MR) is 78.8 cm³/mol. The van der Waals surface area contributed by atoms with Crippen molar-refractivity contribution in [3.05, 3.63) is 52.9 Å². The molecule has 0 aromatic carbocycles. The second kappa shape index (κ2) is 6.86. The minimum Gasteiger partial charge on any atom is -0.369 e. The predicted octanol–water partition coefficient (Wildman–Crippen LogP) is 2.49. The minimum atomic E-state index is -0.209. The van der Waals surface area contributed by atoms with Crippen molar-refractivity contribution in [2.24, 2.45) is 0 Å². The van der Waals surface area contributed by atoms with Crippen LogP contribution in [0.2, 0.25) is 5.02 Å². The van der Waals surface area contributed by atoms with E-state index in [0.29, 0.717) is 22.9 Å². The largest absolute Gasteiger partial charge is 0.369 e. The lowest BCUT2D eigenvalue weighted by Gasteiger charge is -2.08. The van der Waals surface area contributed by atoms with E-state index >= 15 is 0 Å². The zero-order chi connectivity index (χ0) is 14.4. The average molecular weight is 291 g/mol. The van der Waals surface area contributed by atoms with E-state index in [2.05, 4.69) is 20.6 Å². The zero-order valence-electron chi connectivity index (χ0n) is 11.1. The van der Waals surface area contributed by atoms with E-state index in [-0.39, 0.29) is 5.91 Å². The molecular weight excluding hydrogens is 276 g/mol. The topological polar surface area (TPSA) is 66.9 Å². The van der Waals surface area contributed by atoms with Crippen LogP contribution in [-0.2, 0) is 6.54 Å². The maximum atomic E-state index is 12.0. The van der Waals surface area contributed by atoms with Gasteiger partial charge in [-0.25, -0.2) is 4.98 Å². The first kappa shape index (κ1) is 14.3. The van der Waals surface area contributed by atoms with E-state index < -0.39 is 0 Å². The van der Waals surface area contributed by atoms with Crippen molar-refractivity contribution in [2.45, 2.75) is 13.5 Å². The Balaban J connectivity index is 2.00. The number of anilines is 1. The average Bonchev–Trinajstić information content (AvgIpc) is 2.48. The summed E-state index contributed by atoms with van der Waals surface area (Å²) in [4.78, 5) is 20.0. The molecule has 0 saturated carbocycles. The molecule has 2 rings (SSSR count). The Hall–Kier alpha value is -2.14. The quantitative estimate of drug-likeness (QED) is 0.888. The first-order valence-corrected chi connectivity index (χ1v) is 6.65. The molecule has 0 radical (unpaired) electrons. The molecule has 5 nitrogen and oxygen atoms in total. The Kier molecular flexibility index (Phi) is 4.90. The summed E-state index contributed by atoms with van der Waals surface area (Å²) in [5, 5.41) is 6.26. The minimum absolute atomic E-state index is 0.209. The molecule has 0 unspecified atom stereocenters. The highest BCUT2D eigenvalue weighted by molar-refractivity contribution is 6.33. The summed E-state index contributed by atoms with van der Waals surface area (Å²) in [6.07, 6.45) is 4.88. The van der Waals surface area contributed by atoms with Crippen molar-refractivity contribution in [1.82, 2.24) is 15.3 Å². The molecule has 0 aliphatic rings. The van der Waals surface area contributed by atoms with Gasteiger partial charge in [-0.05, 0) is 30.7 Å². The van der Waals surface area contributed by atoms with Crippen LogP contribution in [0.1, 0.15) is 22.8 Å². The van der Waals surface area contributed by atoms with Gasteiger partial charge in [-0.2, -0.15) is 0 Å². The van der Waals surface area contributed by atoms with Crippen LogP contribution in [0.25, 0.3) is 0 Å². The normalized spacial score (nSPS) is 10.1. The van der Waals surface area contributed by atoms with Crippen LogP contribution in [0.15, 0.2) is 36.8 Å². The van der Waals surface area contributed by atoms with Crippen LogP contribution in [0.3, 0.4) is 0 Å². The molecule has 20 heavy (non-hydrogen) atoms. The van der Waals surface area contributed by atoms with Crippen molar-refractivity contribution in [2.75, 3.05) is 11.9 Å². The smallest absolute Gasteiger partial charge is 0.253 e. The number of halogens is 1. The van der Waals surface area contributed by atoms with Crippen molar-refractivity contribution in [1.29, 1.82) is 0 Å². The standard InChI is InChI=1S/C14H15ClN4O/c1-2-17-13-12(15)7-11(9-18-13)14(20)19-8-10-3-5-16-6-4-10/h3-7,9H,2,8H2,1H3,(H,17,18)(H,19,20). The van der Waals surface area contributed by atoms with Gasteiger partial charge in [-0.3, -0.25) is 9.78 Å². The van der Waals surface area contributed by atoms with Gasteiger partial charge in [0, 0.05) is 31.7 Å². The van der Waals surface area contributed by atoms with Crippen LogP contribution >= 0.6 is 11.6 Å². The molecule has 2 heterocycles. The SMILES string of the molecule is CCNc1ncc(C(=O)NCc2ccncc2)cc1Cl. The molecule has 0 aliphatic carbocycles.